The first-order chi connectivity index (χ1) is 20.7. The van der Waals surface area contributed by atoms with Crippen LogP contribution in [0.2, 0.25) is 0 Å². The van der Waals surface area contributed by atoms with E-state index >= 15 is 0 Å². The van der Waals surface area contributed by atoms with Crippen molar-refractivity contribution in [2.45, 2.75) is 142 Å². The van der Waals surface area contributed by atoms with Crippen LogP contribution in [-0.2, 0) is 9.47 Å². The highest BCUT2D eigenvalue weighted by Crippen LogP contribution is 2.17. The van der Waals surface area contributed by atoms with Gasteiger partial charge < -0.3 is 9.47 Å². The minimum absolute atomic E-state index is 0.349. The minimum atomic E-state index is -0.349. The van der Waals surface area contributed by atoms with Crippen LogP contribution in [0.3, 0.4) is 0 Å². The summed E-state index contributed by atoms with van der Waals surface area (Å²) < 4.78 is 10.8. The molecule has 6 nitrogen and oxygen atoms in total. The number of unbranched alkanes of at least 4 members (excludes halogenated alkanes) is 18. The lowest BCUT2D eigenvalue weighted by molar-refractivity contribution is 0.0488. The second kappa shape index (κ2) is 23.8. The first-order valence-electron chi connectivity index (χ1n) is 16.9. The molecule has 0 aliphatic heterocycles. The van der Waals surface area contributed by atoms with Gasteiger partial charge in [-0.3, -0.25) is 9.97 Å². The fourth-order valence-corrected chi connectivity index (χ4v) is 5.01. The number of carbonyl (C=O) groups excluding carboxylic acids is 2. The molecule has 2 heterocycles. The Morgan fingerprint density at radius 2 is 0.786 bits per heavy atom. The number of aromatic nitrogens is 2. The number of rotatable bonds is 25. The summed E-state index contributed by atoms with van der Waals surface area (Å²) >= 11 is 0. The zero-order valence-corrected chi connectivity index (χ0v) is 26.5. The van der Waals surface area contributed by atoms with Crippen molar-refractivity contribution in [1.82, 2.24) is 9.97 Å². The second-order valence-corrected chi connectivity index (χ2v) is 11.5. The van der Waals surface area contributed by atoms with Crippen molar-refractivity contribution in [1.29, 1.82) is 0 Å². The number of nitrogens with zero attached hydrogens (tertiary/aromatic N) is 2. The Balaban J connectivity index is 1.58. The van der Waals surface area contributed by atoms with Crippen molar-refractivity contribution in [3.63, 3.8) is 0 Å². The molecule has 2 rings (SSSR count). The largest absolute Gasteiger partial charge is 0.462 e. The highest BCUT2D eigenvalue weighted by Gasteiger charge is 2.11. The molecule has 0 atom stereocenters. The third kappa shape index (κ3) is 16.0. The van der Waals surface area contributed by atoms with E-state index in [1.165, 1.54) is 115 Å². The van der Waals surface area contributed by atoms with E-state index in [1.54, 1.807) is 24.3 Å². The average Bonchev–Trinajstić information content (AvgIpc) is 3.02. The summed E-state index contributed by atoms with van der Waals surface area (Å²) in [5.41, 5.74) is 2.12. The van der Waals surface area contributed by atoms with Crippen molar-refractivity contribution < 1.29 is 19.1 Å². The molecule has 0 aliphatic carbocycles. The van der Waals surface area contributed by atoms with Crippen molar-refractivity contribution in [3.05, 3.63) is 47.8 Å². The molecule has 2 aromatic rings. The number of esters is 2. The van der Waals surface area contributed by atoms with Crippen LogP contribution in [0.25, 0.3) is 11.4 Å². The monoisotopic (exact) mass is 580 g/mol. The van der Waals surface area contributed by atoms with Gasteiger partial charge in [-0.25, -0.2) is 9.59 Å². The quantitative estimate of drug-likeness (QED) is 0.0858. The summed E-state index contributed by atoms with van der Waals surface area (Å²) in [4.78, 5) is 33.5. The lowest BCUT2D eigenvalue weighted by Gasteiger charge is -2.07. The van der Waals surface area contributed by atoms with E-state index in [2.05, 4.69) is 23.8 Å². The average molecular weight is 581 g/mol. The standard InChI is InChI=1S/C36H56N2O4/c1-3-5-7-9-11-13-15-17-19-21-27-41-35(39)31-23-25-33(37-29-31)34-26-24-32(30-38-34)36(40)42-28-22-20-18-16-14-12-10-8-6-4-2/h23-26,29-30H,3-22,27-28H2,1-2H3. The van der Waals surface area contributed by atoms with E-state index in [9.17, 15) is 9.59 Å². The molecule has 0 amide bonds. The Bertz CT molecular complexity index is 880. The highest BCUT2D eigenvalue weighted by molar-refractivity contribution is 5.90. The van der Waals surface area contributed by atoms with Crippen LogP contribution >= 0.6 is 0 Å². The lowest BCUT2D eigenvalue weighted by Crippen LogP contribution is -2.08. The molecule has 0 bridgehead atoms. The van der Waals surface area contributed by atoms with Gasteiger partial charge in [0.15, 0.2) is 0 Å². The van der Waals surface area contributed by atoms with Gasteiger partial charge in [-0.2, -0.15) is 0 Å². The van der Waals surface area contributed by atoms with Crippen LogP contribution in [0.15, 0.2) is 36.7 Å². The van der Waals surface area contributed by atoms with E-state index in [0.717, 1.165) is 25.7 Å². The summed E-state index contributed by atoms with van der Waals surface area (Å²) in [6.45, 7) is 5.37. The van der Waals surface area contributed by atoms with Crippen LogP contribution in [0.5, 0.6) is 0 Å². The second-order valence-electron chi connectivity index (χ2n) is 11.5. The topological polar surface area (TPSA) is 78.4 Å². The molecule has 0 N–H and O–H groups in total. The number of hydrogen-bond donors (Lipinski definition) is 0. The van der Waals surface area contributed by atoms with Gasteiger partial charge in [-0.15, -0.1) is 0 Å². The summed E-state index contributed by atoms with van der Waals surface area (Å²) in [6.07, 6.45) is 28.0. The van der Waals surface area contributed by atoms with Crippen LogP contribution in [-0.4, -0.2) is 35.1 Å². The highest BCUT2D eigenvalue weighted by atomic mass is 16.5. The molecule has 234 valence electrons. The van der Waals surface area contributed by atoms with Gasteiger partial charge in [0.05, 0.1) is 35.7 Å². The maximum Gasteiger partial charge on any atom is 0.339 e. The Morgan fingerprint density at radius 1 is 0.476 bits per heavy atom. The number of hydrogen-bond acceptors (Lipinski definition) is 6. The van der Waals surface area contributed by atoms with Crippen molar-refractivity contribution in [3.8, 4) is 11.4 Å². The van der Waals surface area contributed by atoms with Gasteiger partial charge in [-0.05, 0) is 37.1 Å². The molecule has 2 aromatic heterocycles. The van der Waals surface area contributed by atoms with Gasteiger partial charge in [0, 0.05) is 12.4 Å². The Labute approximate surface area is 255 Å². The summed E-state index contributed by atoms with van der Waals surface area (Å²) in [6, 6.07) is 6.92. The molecular formula is C36H56N2O4. The fraction of sp³-hybridized carbons (Fsp3) is 0.667. The zero-order valence-electron chi connectivity index (χ0n) is 26.5. The summed E-state index contributed by atoms with van der Waals surface area (Å²) in [5.74, 6) is -0.697. The minimum Gasteiger partial charge on any atom is -0.462 e. The number of carbonyl (C=O) groups is 2. The molecule has 0 fully saturated rings. The van der Waals surface area contributed by atoms with Crippen LogP contribution in [0, 0.1) is 0 Å². The molecule has 42 heavy (non-hydrogen) atoms. The Kier molecular flexibility index (Phi) is 20.1. The van der Waals surface area contributed by atoms with Gasteiger partial charge in [-0.1, -0.05) is 129 Å². The van der Waals surface area contributed by atoms with Crippen molar-refractivity contribution in [2.24, 2.45) is 0 Å². The fourth-order valence-electron chi connectivity index (χ4n) is 5.01. The van der Waals surface area contributed by atoms with Crippen LogP contribution in [0.4, 0.5) is 0 Å². The number of ether oxygens (including phenoxy) is 2. The van der Waals surface area contributed by atoms with Gasteiger partial charge in [0.2, 0.25) is 0 Å². The SMILES string of the molecule is CCCCCCCCCCCCOC(=O)c1ccc(-c2ccc(C(=O)OCCCCCCCCCCCC)cn2)nc1. The number of pyridine rings is 2. The van der Waals surface area contributed by atoms with Crippen molar-refractivity contribution >= 4 is 11.9 Å². The molecule has 0 saturated carbocycles. The van der Waals surface area contributed by atoms with E-state index in [-0.39, 0.29) is 11.9 Å². The molecule has 0 aromatic carbocycles. The molecule has 0 aliphatic rings. The molecule has 0 radical (unpaired) electrons. The lowest BCUT2D eigenvalue weighted by atomic mass is 10.1. The maximum absolute atomic E-state index is 12.4. The van der Waals surface area contributed by atoms with E-state index in [4.69, 9.17) is 9.47 Å². The predicted octanol–water partition coefficient (Wildman–Crippen LogP) is 10.3. The van der Waals surface area contributed by atoms with Crippen LogP contribution < -0.4 is 0 Å². The summed E-state index contributed by atoms with van der Waals surface area (Å²) in [7, 11) is 0. The Morgan fingerprint density at radius 3 is 1.07 bits per heavy atom. The molecular weight excluding hydrogens is 524 g/mol. The normalized spacial score (nSPS) is 11.0. The van der Waals surface area contributed by atoms with Gasteiger partial charge in [0.1, 0.15) is 0 Å². The maximum atomic E-state index is 12.4. The first-order valence-corrected chi connectivity index (χ1v) is 16.9. The molecule has 0 saturated heterocycles. The third-order valence-corrected chi connectivity index (χ3v) is 7.72. The van der Waals surface area contributed by atoms with Crippen LogP contribution in [0.1, 0.15) is 163 Å². The molecule has 0 spiro atoms. The zero-order chi connectivity index (χ0) is 30.1. The van der Waals surface area contributed by atoms with E-state index in [0.29, 0.717) is 35.7 Å². The van der Waals surface area contributed by atoms with E-state index in [1.807, 2.05) is 0 Å². The third-order valence-electron chi connectivity index (χ3n) is 7.72. The van der Waals surface area contributed by atoms with E-state index < -0.39 is 0 Å². The summed E-state index contributed by atoms with van der Waals surface area (Å²) in [5, 5.41) is 0. The first kappa shape index (κ1) is 35.4. The van der Waals surface area contributed by atoms with Crippen molar-refractivity contribution in [2.75, 3.05) is 13.2 Å². The smallest absolute Gasteiger partial charge is 0.339 e. The van der Waals surface area contributed by atoms with Gasteiger partial charge in [0.25, 0.3) is 0 Å². The molecule has 0 unspecified atom stereocenters. The Hall–Kier alpha value is -2.76. The molecule has 6 heteroatoms. The predicted molar refractivity (Wildman–Crippen MR) is 172 cm³/mol. The van der Waals surface area contributed by atoms with Gasteiger partial charge >= 0.3 is 11.9 Å².